The van der Waals surface area contributed by atoms with Crippen LogP contribution in [-0.4, -0.2) is 60.6 Å². The molecule has 0 bridgehead atoms. The van der Waals surface area contributed by atoms with Crippen LogP contribution < -0.4 is 34.5 Å². The van der Waals surface area contributed by atoms with Gasteiger partial charge in [-0.05, 0) is 6.42 Å². The molecule has 0 amide bonds. The second-order valence-corrected chi connectivity index (χ2v) is 10.3. The summed E-state index contributed by atoms with van der Waals surface area (Å²) in [5.41, 5.74) is 0. The van der Waals surface area contributed by atoms with Crippen LogP contribution in [0.4, 0.5) is 0 Å². The van der Waals surface area contributed by atoms with Gasteiger partial charge in [0.25, 0.3) is 7.82 Å². The average Bonchev–Trinajstić information content (AvgIpc) is 2.80. The number of hydrogen-bond donors (Lipinski definition) is 3. The third-order valence-corrected chi connectivity index (χ3v) is 6.44. The van der Waals surface area contributed by atoms with Crippen LogP contribution in [-0.2, 0) is 18.3 Å². The second-order valence-electron chi connectivity index (χ2n) is 8.91. The Labute approximate surface area is 230 Å². The first-order chi connectivity index (χ1) is 15.9. The Morgan fingerprint density at radius 2 is 1.06 bits per heavy atom. The molecule has 3 N–H and O–H groups in total. The molecule has 0 radical (unpaired) electrons. The number of aliphatic hydroxyl groups excluding tert-OH is 3. The first-order valence-corrected chi connectivity index (χ1v) is 14.5. The van der Waals surface area contributed by atoms with Gasteiger partial charge in [0, 0.05) is 6.61 Å². The molecule has 0 saturated heterocycles. The average molecular weight is 521 g/mol. The molecule has 0 aliphatic rings. The first kappa shape index (κ1) is 37.1. The van der Waals surface area contributed by atoms with Crippen LogP contribution >= 0.6 is 7.82 Å². The van der Waals surface area contributed by atoms with E-state index in [1.54, 1.807) is 0 Å². The predicted molar refractivity (Wildman–Crippen MR) is 129 cm³/mol. The minimum atomic E-state index is -4.63. The number of aliphatic hydroxyl groups is 3. The third kappa shape index (κ3) is 27.5. The van der Waals surface area contributed by atoms with Crippen molar-refractivity contribution in [2.45, 2.75) is 122 Å². The van der Waals surface area contributed by atoms with Gasteiger partial charge in [-0.2, -0.15) is 0 Å². The monoisotopic (exact) mass is 520 g/mol. The zero-order valence-corrected chi connectivity index (χ0v) is 24.7. The summed E-state index contributed by atoms with van der Waals surface area (Å²) in [5.74, 6) is 0. The van der Waals surface area contributed by atoms with E-state index in [1.165, 1.54) is 89.9 Å². The van der Waals surface area contributed by atoms with Crippen molar-refractivity contribution in [1.82, 2.24) is 0 Å². The van der Waals surface area contributed by atoms with Crippen LogP contribution in [0.15, 0.2) is 0 Å². The van der Waals surface area contributed by atoms with Gasteiger partial charge < -0.3 is 34.0 Å². The van der Waals surface area contributed by atoms with Gasteiger partial charge in [0.15, 0.2) is 0 Å². The predicted octanol–water partition coefficient (Wildman–Crippen LogP) is 1.48. The summed E-state index contributed by atoms with van der Waals surface area (Å²) in [6, 6.07) is 0. The standard InChI is InChI=1S/C24H51O8P.Na/c1-2-3-4-5-6-7-8-9-10-11-12-13-14-15-16-17-18-30-20-24(27)22-32-33(28,29)31-21-23(26)19-25;/h23-27H,2-22H2,1H3,(H,28,29);/q;+1/p-1/t23-,24+;/m0./s1. The van der Waals surface area contributed by atoms with E-state index in [2.05, 4.69) is 16.0 Å². The van der Waals surface area contributed by atoms with Gasteiger partial charge in [-0.3, -0.25) is 4.57 Å². The zero-order valence-electron chi connectivity index (χ0n) is 21.8. The Balaban J connectivity index is 0. The van der Waals surface area contributed by atoms with Gasteiger partial charge in [-0.25, -0.2) is 0 Å². The van der Waals surface area contributed by atoms with Crippen molar-refractivity contribution in [3.05, 3.63) is 0 Å². The fourth-order valence-corrected chi connectivity index (χ4v) is 4.25. The fourth-order valence-electron chi connectivity index (χ4n) is 3.46. The molecule has 0 spiro atoms. The molecule has 0 aromatic carbocycles. The zero-order chi connectivity index (χ0) is 24.6. The van der Waals surface area contributed by atoms with Crippen molar-refractivity contribution in [2.24, 2.45) is 0 Å². The van der Waals surface area contributed by atoms with E-state index in [0.29, 0.717) is 6.61 Å². The Hall–Kier alpha value is 0.950. The van der Waals surface area contributed by atoms with Crippen LogP contribution in [0.5, 0.6) is 0 Å². The van der Waals surface area contributed by atoms with Crippen molar-refractivity contribution in [3.63, 3.8) is 0 Å². The van der Waals surface area contributed by atoms with Crippen LogP contribution in [0.1, 0.15) is 110 Å². The molecule has 0 aromatic heterocycles. The van der Waals surface area contributed by atoms with Crippen molar-refractivity contribution in [1.29, 1.82) is 0 Å². The van der Waals surface area contributed by atoms with E-state index in [9.17, 15) is 14.6 Å². The smallest absolute Gasteiger partial charge is 0.756 e. The van der Waals surface area contributed by atoms with Crippen molar-refractivity contribution < 1.29 is 68.1 Å². The van der Waals surface area contributed by atoms with Gasteiger partial charge >= 0.3 is 29.6 Å². The number of phosphoric ester groups is 1. The molecule has 8 nitrogen and oxygen atoms in total. The van der Waals surface area contributed by atoms with Gasteiger partial charge in [0.1, 0.15) is 12.2 Å². The number of rotatable bonds is 26. The van der Waals surface area contributed by atoms with Crippen LogP contribution in [0.2, 0.25) is 0 Å². The molecular weight excluding hydrogens is 470 g/mol. The van der Waals surface area contributed by atoms with Crippen LogP contribution in [0, 0.1) is 0 Å². The number of ether oxygens (including phenoxy) is 1. The fraction of sp³-hybridized carbons (Fsp3) is 1.00. The molecule has 0 aliphatic carbocycles. The van der Waals surface area contributed by atoms with Crippen molar-refractivity contribution >= 4 is 7.82 Å². The maximum absolute atomic E-state index is 11.4. The number of unbranched alkanes of at least 4 members (excludes halogenated alkanes) is 15. The number of phosphoric acid groups is 1. The number of hydrogen-bond acceptors (Lipinski definition) is 8. The van der Waals surface area contributed by atoms with Gasteiger partial charge in [0.05, 0.1) is 26.4 Å². The quantitative estimate of drug-likeness (QED) is 0.0889. The molecule has 1 unspecified atom stereocenters. The van der Waals surface area contributed by atoms with Gasteiger partial charge in [0.2, 0.25) is 0 Å². The molecule has 3 atom stereocenters. The minimum absolute atomic E-state index is 0. The summed E-state index contributed by atoms with van der Waals surface area (Å²) < 4.78 is 25.7. The van der Waals surface area contributed by atoms with Gasteiger partial charge in [-0.1, -0.05) is 103 Å². The maximum atomic E-state index is 11.4. The molecule has 0 rings (SSSR count). The van der Waals surface area contributed by atoms with E-state index >= 15 is 0 Å². The topological polar surface area (TPSA) is 129 Å². The molecule has 200 valence electrons. The molecule has 0 heterocycles. The summed E-state index contributed by atoms with van der Waals surface area (Å²) >= 11 is 0. The molecule has 10 heteroatoms. The molecule has 0 saturated carbocycles. The Bertz CT molecular complexity index is 459. The summed E-state index contributed by atoms with van der Waals surface area (Å²) in [6.07, 6.45) is 18.5. The largest absolute Gasteiger partial charge is 1.00 e. The van der Waals surface area contributed by atoms with E-state index < -0.39 is 39.9 Å². The van der Waals surface area contributed by atoms with E-state index in [-0.39, 0.29) is 36.2 Å². The molecule has 0 aromatic rings. The minimum Gasteiger partial charge on any atom is -0.756 e. The summed E-state index contributed by atoms with van der Waals surface area (Å²) in [7, 11) is -4.63. The van der Waals surface area contributed by atoms with Crippen molar-refractivity contribution in [2.75, 3.05) is 33.0 Å². The summed E-state index contributed by atoms with van der Waals surface area (Å²) in [6.45, 7) is 1.08. The first-order valence-electron chi connectivity index (χ1n) is 13.1. The molecule has 0 fully saturated rings. The van der Waals surface area contributed by atoms with Crippen molar-refractivity contribution in [3.8, 4) is 0 Å². The van der Waals surface area contributed by atoms with E-state index in [1.807, 2.05) is 0 Å². The summed E-state index contributed by atoms with van der Waals surface area (Å²) in [5, 5.41) is 27.4. The SMILES string of the molecule is CCCCCCCCCCCCCCCCCCOC[C@@H](O)COP(=O)([O-])OC[C@@H](O)CO.[Na+]. The van der Waals surface area contributed by atoms with E-state index in [4.69, 9.17) is 14.9 Å². The van der Waals surface area contributed by atoms with E-state index in [0.717, 1.165) is 12.8 Å². The second kappa shape index (κ2) is 27.0. The van der Waals surface area contributed by atoms with Crippen LogP contribution in [0.3, 0.4) is 0 Å². The maximum Gasteiger partial charge on any atom is 1.00 e. The molecular formula is C24H50NaO8P. The van der Waals surface area contributed by atoms with Gasteiger partial charge in [-0.15, -0.1) is 0 Å². The van der Waals surface area contributed by atoms with Crippen LogP contribution in [0.25, 0.3) is 0 Å². The molecule has 34 heavy (non-hydrogen) atoms. The summed E-state index contributed by atoms with van der Waals surface area (Å²) in [4.78, 5) is 11.4. The third-order valence-electron chi connectivity index (χ3n) is 5.51. The normalized spacial score (nSPS) is 15.0. The molecule has 0 aliphatic heterocycles. The Morgan fingerprint density at radius 3 is 1.47 bits per heavy atom. The Morgan fingerprint density at radius 1 is 0.676 bits per heavy atom. The Kier molecular flexibility index (Phi) is 29.5.